The van der Waals surface area contributed by atoms with Crippen LogP contribution in [0.4, 0.5) is 0 Å². The van der Waals surface area contributed by atoms with Gasteiger partial charge in [0.1, 0.15) is 10.0 Å². The zero-order valence-corrected chi connectivity index (χ0v) is 14.6. The molecule has 1 aromatic heterocycles. The zero-order chi connectivity index (χ0) is 16.3. The number of aromatic nitrogens is 2. The van der Waals surface area contributed by atoms with Crippen LogP contribution in [0.25, 0.3) is 0 Å². The third-order valence-electron chi connectivity index (χ3n) is 3.39. The van der Waals surface area contributed by atoms with E-state index in [9.17, 15) is 13.5 Å². The molecule has 1 heterocycles. The summed E-state index contributed by atoms with van der Waals surface area (Å²) in [7, 11) is -2.21. The van der Waals surface area contributed by atoms with Gasteiger partial charge in [-0.3, -0.25) is 4.68 Å². The molecule has 0 spiro atoms. The van der Waals surface area contributed by atoms with Gasteiger partial charge in [-0.2, -0.15) is 5.10 Å². The van der Waals surface area contributed by atoms with Gasteiger partial charge in [0, 0.05) is 13.6 Å². The van der Waals surface area contributed by atoms with Crippen molar-refractivity contribution in [1.29, 1.82) is 0 Å². The summed E-state index contributed by atoms with van der Waals surface area (Å²) in [6.07, 6.45) is 2.65. The molecule has 0 bridgehead atoms. The maximum atomic E-state index is 12.4. The third kappa shape index (κ3) is 4.42. The standard InChI is InChI=1S/C13H24ClN3O3S/c1-5-7-13(18,8-6-2)9-15-21(19,20)11-10(3)16-17(4)12(11)14/h15,18H,5-9H2,1-4H3. The highest BCUT2D eigenvalue weighted by molar-refractivity contribution is 7.89. The van der Waals surface area contributed by atoms with E-state index in [1.807, 2.05) is 13.8 Å². The van der Waals surface area contributed by atoms with Crippen molar-refractivity contribution in [1.82, 2.24) is 14.5 Å². The number of halogens is 1. The molecule has 0 radical (unpaired) electrons. The van der Waals surface area contributed by atoms with Crippen molar-refractivity contribution in [3.63, 3.8) is 0 Å². The van der Waals surface area contributed by atoms with Crippen LogP contribution in [0.3, 0.4) is 0 Å². The minimum absolute atomic E-state index is 0.0259. The highest BCUT2D eigenvalue weighted by Crippen LogP contribution is 2.25. The second-order valence-corrected chi connectivity index (χ2v) is 7.44. The smallest absolute Gasteiger partial charge is 0.245 e. The third-order valence-corrected chi connectivity index (χ3v) is 5.49. The van der Waals surface area contributed by atoms with Crippen molar-refractivity contribution < 1.29 is 13.5 Å². The lowest BCUT2D eigenvalue weighted by atomic mass is 9.93. The summed E-state index contributed by atoms with van der Waals surface area (Å²) in [5.41, 5.74) is -0.691. The summed E-state index contributed by atoms with van der Waals surface area (Å²) < 4.78 is 28.5. The first kappa shape index (κ1) is 18.4. The maximum Gasteiger partial charge on any atom is 0.245 e. The van der Waals surface area contributed by atoms with Gasteiger partial charge in [0.05, 0.1) is 11.3 Å². The summed E-state index contributed by atoms with van der Waals surface area (Å²) in [6, 6.07) is 0. The Morgan fingerprint density at radius 2 is 1.86 bits per heavy atom. The molecule has 0 saturated heterocycles. The normalized spacial score (nSPS) is 12.9. The predicted molar refractivity (Wildman–Crippen MR) is 82.9 cm³/mol. The van der Waals surface area contributed by atoms with Crippen LogP contribution in [0, 0.1) is 6.92 Å². The Hall–Kier alpha value is -0.630. The Kier molecular flexibility index (Phi) is 6.22. The van der Waals surface area contributed by atoms with Gasteiger partial charge in [-0.25, -0.2) is 13.1 Å². The first-order chi connectivity index (χ1) is 9.67. The minimum Gasteiger partial charge on any atom is -0.389 e. The SMILES string of the molecule is CCCC(O)(CCC)CNS(=O)(=O)c1c(C)nn(C)c1Cl. The summed E-state index contributed by atoms with van der Waals surface area (Å²) in [5.74, 6) is 0. The summed E-state index contributed by atoms with van der Waals surface area (Å²) in [4.78, 5) is -0.0259. The van der Waals surface area contributed by atoms with Gasteiger partial charge in [0.2, 0.25) is 10.0 Å². The molecule has 0 saturated carbocycles. The molecule has 0 aliphatic carbocycles. The maximum absolute atomic E-state index is 12.4. The quantitative estimate of drug-likeness (QED) is 0.759. The molecule has 0 aromatic carbocycles. The Bertz CT molecular complexity index is 578. The van der Waals surface area contributed by atoms with Crippen molar-refractivity contribution in [3.8, 4) is 0 Å². The predicted octanol–water partition coefficient (Wildman–Crippen LogP) is 1.99. The first-order valence-corrected chi connectivity index (χ1v) is 8.94. The van der Waals surface area contributed by atoms with Crippen molar-refractivity contribution in [2.45, 2.75) is 57.0 Å². The largest absolute Gasteiger partial charge is 0.389 e. The van der Waals surface area contributed by atoms with E-state index in [2.05, 4.69) is 9.82 Å². The van der Waals surface area contributed by atoms with Crippen LogP contribution in [0.1, 0.15) is 45.2 Å². The zero-order valence-electron chi connectivity index (χ0n) is 13.0. The molecule has 0 aliphatic heterocycles. The average molecular weight is 338 g/mol. The first-order valence-electron chi connectivity index (χ1n) is 7.08. The molecular formula is C13H24ClN3O3S. The highest BCUT2D eigenvalue weighted by atomic mass is 35.5. The number of aryl methyl sites for hydroxylation is 2. The van der Waals surface area contributed by atoms with E-state index in [-0.39, 0.29) is 16.6 Å². The average Bonchev–Trinajstić information content (AvgIpc) is 2.62. The number of sulfonamides is 1. The Labute approximate surface area is 131 Å². The van der Waals surface area contributed by atoms with E-state index in [1.165, 1.54) is 4.68 Å². The molecule has 1 rings (SSSR count). The number of nitrogens with one attached hydrogen (secondary N) is 1. The molecule has 1 aromatic rings. The van der Waals surface area contributed by atoms with Crippen LogP contribution in [0.15, 0.2) is 4.90 Å². The van der Waals surface area contributed by atoms with Crippen LogP contribution < -0.4 is 4.72 Å². The van der Waals surface area contributed by atoms with Crippen molar-refractivity contribution in [3.05, 3.63) is 10.8 Å². The molecule has 0 atom stereocenters. The van der Waals surface area contributed by atoms with Gasteiger partial charge in [-0.05, 0) is 19.8 Å². The summed E-state index contributed by atoms with van der Waals surface area (Å²) >= 11 is 5.99. The molecule has 8 heteroatoms. The summed E-state index contributed by atoms with van der Waals surface area (Å²) in [5, 5.41) is 14.5. The van der Waals surface area contributed by atoms with Crippen LogP contribution in [-0.4, -0.2) is 35.5 Å². The lowest BCUT2D eigenvalue weighted by Crippen LogP contribution is -2.42. The second-order valence-electron chi connectivity index (χ2n) is 5.38. The van der Waals surface area contributed by atoms with Gasteiger partial charge in [-0.15, -0.1) is 0 Å². The lowest BCUT2D eigenvalue weighted by molar-refractivity contribution is 0.0266. The fourth-order valence-electron chi connectivity index (χ4n) is 2.45. The molecular weight excluding hydrogens is 314 g/mol. The van der Waals surface area contributed by atoms with Crippen LogP contribution >= 0.6 is 11.6 Å². The van der Waals surface area contributed by atoms with Crippen LogP contribution in [-0.2, 0) is 17.1 Å². The number of hydrogen-bond donors (Lipinski definition) is 2. The van der Waals surface area contributed by atoms with Crippen LogP contribution in [0.2, 0.25) is 5.15 Å². The molecule has 0 unspecified atom stereocenters. The monoisotopic (exact) mass is 337 g/mol. The van der Waals surface area contributed by atoms with Gasteiger partial charge in [0.25, 0.3) is 0 Å². The van der Waals surface area contributed by atoms with Crippen molar-refractivity contribution in [2.24, 2.45) is 7.05 Å². The highest BCUT2D eigenvalue weighted by Gasteiger charge is 2.30. The Balaban J connectivity index is 2.95. The van der Waals surface area contributed by atoms with Crippen molar-refractivity contribution in [2.75, 3.05) is 6.54 Å². The van der Waals surface area contributed by atoms with E-state index in [1.54, 1.807) is 14.0 Å². The van der Waals surface area contributed by atoms with E-state index in [4.69, 9.17) is 11.6 Å². The fourth-order valence-corrected chi connectivity index (χ4v) is 4.32. The Morgan fingerprint density at radius 3 is 2.24 bits per heavy atom. The molecule has 122 valence electrons. The van der Waals surface area contributed by atoms with E-state index >= 15 is 0 Å². The lowest BCUT2D eigenvalue weighted by Gasteiger charge is -2.27. The van der Waals surface area contributed by atoms with E-state index in [0.717, 1.165) is 12.8 Å². The van der Waals surface area contributed by atoms with Crippen LogP contribution in [0.5, 0.6) is 0 Å². The Morgan fingerprint density at radius 1 is 1.33 bits per heavy atom. The van der Waals surface area contributed by atoms with E-state index < -0.39 is 15.6 Å². The molecule has 21 heavy (non-hydrogen) atoms. The molecule has 2 N–H and O–H groups in total. The van der Waals surface area contributed by atoms with Gasteiger partial charge in [-0.1, -0.05) is 38.3 Å². The number of rotatable bonds is 8. The molecule has 0 fully saturated rings. The van der Waals surface area contributed by atoms with Crippen molar-refractivity contribution >= 4 is 21.6 Å². The summed E-state index contributed by atoms with van der Waals surface area (Å²) in [6.45, 7) is 5.47. The second kappa shape index (κ2) is 7.09. The number of aliphatic hydroxyl groups is 1. The molecule has 6 nitrogen and oxygen atoms in total. The van der Waals surface area contributed by atoms with E-state index in [0.29, 0.717) is 18.5 Å². The van der Waals surface area contributed by atoms with Gasteiger partial charge in [0.15, 0.2) is 0 Å². The number of nitrogens with zero attached hydrogens (tertiary/aromatic N) is 2. The topological polar surface area (TPSA) is 84.2 Å². The fraction of sp³-hybridized carbons (Fsp3) is 0.769. The number of hydrogen-bond acceptors (Lipinski definition) is 4. The minimum atomic E-state index is -3.80. The van der Waals surface area contributed by atoms with Gasteiger partial charge < -0.3 is 5.11 Å². The molecule has 0 aliphatic rings. The molecule has 0 amide bonds. The van der Waals surface area contributed by atoms with Gasteiger partial charge >= 0.3 is 0 Å².